The Kier molecular flexibility index (Phi) is 4.56. The molecule has 1 aromatic carbocycles. The van der Waals surface area contributed by atoms with Crippen LogP contribution in [-0.2, 0) is 4.74 Å². The first-order valence-corrected chi connectivity index (χ1v) is 7.45. The van der Waals surface area contributed by atoms with Crippen molar-refractivity contribution in [1.82, 2.24) is 10.3 Å². The predicted octanol–water partition coefficient (Wildman–Crippen LogP) is 3.39. The fraction of sp³-hybridized carbons (Fsp3) is 0.250. The van der Waals surface area contributed by atoms with Gasteiger partial charge in [-0.15, -0.1) is 0 Å². The van der Waals surface area contributed by atoms with Gasteiger partial charge in [0.05, 0.1) is 6.04 Å². The zero-order chi connectivity index (χ0) is 15.4. The van der Waals surface area contributed by atoms with Gasteiger partial charge >= 0.3 is 6.03 Å². The van der Waals surface area contributed by atoms with E-state index in [0.717, 1.165) is 12.0 Å². The number of nitrogens with one attached hydrogen (secondary N) is 2. The number of ether oxygens (including phenoxy) is 1. The van der Waals surface area contributed by atoms with Crippen LogP contribution in [0.15, 0.2) is 48.8 Å². The lowest BCUT2D eigenvalue weighted by molar-refractivity contribution is 0.100. The summed E-state index contributed by atoms with van der Waals surface area (Å²) in [6, 6.07) is 10.7. The van der Waals surface area contributed by atoms with Gasteiger partial charge in [0.15, 0.2) is 0 Å². The van der Waals surface area contributed by atoms with E-state index in [1.165, 1.54) is 0 Å². The summed E-state index contributed by atoms with van der Waals surface area (Å²) in [6.45, 7) is 0.619. The molecule has 114 valence electrons. The lowest BCUT2D eigenvalue weighted by Crippen LogP contribution is -2.39. The van der Waals surface area contributed by atoms with E-state index >= 15 is 0 Å². The first-order valence-electron chi connectivity index (χ1n) is 7.07. The van der Waals surface area contributed by atoms with Crippen LogP contribution in [0.5, 0.6) is 0 Å². The highest BCUT2D eigenvalue weighted by Gasteiger charge is 2.30. The van der Waals surface area contributed by atoms with Gasteiger partial charge < -0.3 is 15.4 Å². The second-order valence-electron chi connectivity index (χ2n) is 5.07. The van der Waals surface area contributed by atoms with Gasteiger partial charge in [0.1, 0.15) is 6.10 Å². The number of hydrogen-bond acceptors (Lipinski definition) is 3. The van der Waals surface area contributed by atoms with Gasteiger partial charge in [-0.05, 0) is 36.2 Å². The van der Waals surface area contributed by atoms with E-state index in [2.05, 4.69) is 15.6 Å². The number of nitrogens with zero attached hydrogens (tertiary/aromatic N) is 1. The molecule has 3 rings (SSSR count). The van der Waals surface area contributed by atoms with Gasteiger partial charge in [0.2, 0.25) is 0 Å². The zero-order valence-electron chi connectivity index (χ0n) is 11.8. The van der Waals surface area contributed by atoms with Gasteiger partial charge in [0, 0.05) is 29.7 Å². The SMILES string of the molecule is O=C(Nc1ccncc1)NC1CCOC1c1ccc(Cl)cc1. The molecule has 0 radical (unpaired) electrons. The molecule has 1 aliphatic heterocycles. The highest BCUT2D eigenvalue weighted by molar-refractivity contribution is 6.30. The van der Waals surface area contributed by atoms with Gasteiger partial charge in [-0.25, -0.2) is 4.79 Å². The molecule has 2 heterocycles. The van der Waals surface area contributed by atoms with Crippen LogP contribution in [0.3, 0.4) is 0 Å². The number of halogens is 1. The average molecular weight is 318 g/mol. The van der Waals surface area contributed by atoms with E-state index in [4.69, 9.17) is 16.3 Å². The van der Waals surface area contributed by atoms with Gasteiger partial charge in [-0.2, -0.15) is 0 Å². The number of benzene rings is 1. The predicted molar refractivity (Wildman–Crippen MR) is 84.9 cm³/mol. The first-order chi connectivity index (χ1) is 10.7. The zero-order valence-corrected chi connectivity index (χ0v) is 12.6. The maximum Gasteiger partial charge on any atom is 0.319 e. The van der Waals surface area contributed by atoms with Crippen LogP contribution in [0.2, 0.25) is 5.02 Å². The maximum atomic E-state index is 12.1. The number of urea groups is 1. The van der Waals surface area contributed by atoms with Gasteiger partial charge in [-0.1, -0.05) is 23.7 Å². The topological polar surface area (TPSA) is 63.2 Å². The third-order valence-electron chi connectivity index (χ3n) is 3.54. The monoisotopic (exact) mass is 317 g/mol. The number of anilines is 1. The molecule has 2 unspecified atom stereocenters. The Balaban J connectivity index is 1.63. The summed E-state index contributed by atoms with van der Waals surface area (Å²) in [5, 5.41) is 6.43. The summed E-state index contributed by atoms with van der Waals surface area (Å²) in [5.41, 5.74) is 1.71. The van der Waals surface area contributed by atoms with Crippen LogP contribution in [0.4, 0.5) is 10.5 Å². The van der Waals surface area contributed by atoms with Crippen molar-refractivity contribution in [2.45, 2.75) is 18.6 Å². The average Bonchev–Trinajstić information content (AvgIpc) is 2.97. The highest BCUT2D eigenvalue weighted by atomic mass is 35.5. The molecule has 0 aliphatic carbocycles. The summed E-state index contributed by atoms with van der Waals surface area (Å²) in [4.78, 5) is 16.0. The second-order valence-corrected chi connectivity index (χ2v) is 5.51. The number of carbonyl (C=O) groups excluding carboxylic acids is 1. The van der Waals surface area contributed by atoms with Crippen molar-refractivity contribution in [3.05, 3.63) is 59.4 Å². The number of rotatable bonds is 3. The van der Waals surface area contributed by atoms with E-state index in [0.29, 0.717) is 17.3 Å². The second kappa shape index (κ2) is 6.77. The molecule has 1 aliphatic rings. The molecule has 2 amide bonds. The molecule has 1 aromatic heterocycles. The summed E-state index contributed by atoms with van der Waals surface area (Å²) in [7, 11) is 0. The third-order valence-corrected chi connectivity index (χ3v) is 3.80. The van der Waals surface area contributed by atoms with E-state index in [-0.39, 0.29) is 18.2 Å². The van der Waals surface area contributed by atoms with E-state index in [1.807, 2.05) is 24.3 Å². The van der Waals surface area contributed by atoms with Crippen molar-refractivity contribution >= 4 is 23.3 Å². The lowest BCUT2D eigenvalue weighted by Gasteiger charge is -2.20. The van der Waals surface area contributed by atoms with Crippen LogP contribution < -0.4 is 10.6 Å². The van der Waals surface area contributed by atoms with Gasteiger partial charge in [0.25, 0.3) is 0 Å². The van der Waals surface area contributed by atoms with Gasteiger partial charge in [-0.3, -0.25) is 4.98 Å². The molecule has 6 heteroatoms. The van der Waals surface area contributed by atoms with Crippen LogP contribution in [0.25, 0.3) is 0 Å². The lowest BCUT2D eigenvalue weighted by atomic mass is 10.0. The summed E-state index contributed by atoms with van der Waals surface area (Å²) >= 11 is 5.90. The summed E-state index contributed by atoms with van der Waals surface area (Å²) in [6.07, 6.45) is 3.88. The quantitative estimate of drug-likeness (QED) is 0.912. The standard InChI is InChI=1S/C16H16ClN3O2/c17-12-3-1-11(2-4-12)15-14(7-10-22-15)20-16(21)19-13-5-8-18-9-6-13/h1-6,8-9,14-15H,7,10H2,(H2,18,19,20,21). The third kappa shape index (κ3) is 3.55. The van der Waals surface area contributed by atoms with E-state index in [1.54, 1.807) is 24.5 Å². The smallest absolute Gasteiger partial charge is 0.319 e. The van der Waals surface area contributed by atoms with Crippen LogP contribution in [0, 0.1) is 0 Å². The molecule has 0 bridgehead atoms. The molecule has 2 atom stereocenters. The first kappa shape index (κ1) is 14.8. The molecule has 5 nitrogen and oxygen atoms in total. The molecule has 2 aromatic rings. The molecule has 0 spiro atoms. The van der Waals surface area contributed by atoms with Crippen molar-refractivity contribution in [3.8, 4) is 0 Å². The van der Waals surface area contributed by atoms with E-state index in [9.17, 15) is 4.79 Å². The fourth-order valence-electron chi connectivity index (χ4n) is 2.49. The highest BCUT2D eigenvalue weighted by Crippen LogP contribution is 2.29. The summed E-state index contributed by atoms with van der Waals surface area (Å²) < 4.78 is 5.75. The normalized spacial score (nSPS) is 20.6. The van der Waals surface area contributed by atoms with Crippen LogP contribution in [0.1, 0.15) is 18.1 Å². The Hall–Kier alpha value is -2.11. The van der Waals surface area contributed by atoms with Crippen molar-refractivity contribution in [2.24, 2.45) is 0 Å². The number of hydrogen-bond donors (Lipinski definition) is 2. The Bertz CT molecular complexity index is 634. The van der Waals surface area contributed by atoms with Crippen molar-refractivity contribution < 1.29 is 9.53 Å². The number of amides is 2. The Morgan fingerprint density at radius 2 is 1.91 bits per heavy atom. The number of aromatic nitrogens is 1. The van der Waals surface area contributed by atoms with Crippen molar-refractivity contribution in [3.63, 3.8) is 0 Å². The molecule has 0 saturated carbocycles. The number of pyridine rings is 1. The van der Waals surface area contributed by atoms with Crippen molar-refractivity contribution in [2.75, 3.05) is 11.9 Å². The maximum absolute atomic E-state index is 12.1. The molecule has 2 N–H and O–H groups in total. The minimum Gasteiger partial charge on any atom is -0.371 e. The number of carbonyl (C=O) groups is 1. The minimum absolute atomic E-state index is 0.0667. The molecular formula is C16H16ClN3O2. The fourth-order valence-corrected chi connectivity index (χ4v) is 2.62. The molecule has 22 heavy (non-hydrogen) atoms. The van der Waals surface area contributed by atoms with Crippen LogP contribution in [-0.4, -0.2) is 23.7 Å². The molecule has 1 saturated heterocycles. The Morgan fingerprint density at radius 3 is 2.64 bits per heavy atom. The van der Waals surface area contributed by atoms with E-state index < -0.39 is 0 Å². The molecular weight excluding hydrogens is 302 g/mol. The Morgan fingerprint density at radius 1 is 1.18 bits per heavy atom. The minimum atomic E-state index is -0.249. The van der Waals surface area contributed by atoms with Crippen LogP contribution >= 0.6 is 11.6 Å². The summed E-state index contributed by atoms with van der Waals surface area (Å²) in [5.74, 6) is 0. The Labute approximate surface area is 133 Å². The van der Waals surface area contributed by atoms with Crippen molar-refractivity contribution in [1.29, 1.82) is 0 Å². The largest absolute Gasteiger partial charge is 0.371 e. The molecule has 1 fully saturated rings.